The first-order valence-corrected chi connectivity index (χ1v) is 12.9. The standard InChI is InChI=1S/C27H27N5O2S/c1-35-23-11-7-8-21(18-23)29-25(33)20-12-16-31(17-13-20)27(34)24-19-28-32(22-9-3-2-4-10-22)26(24)30-14-5-6-15-30/h2-11,14-15,18-20H,12-13,16-17H2,1H3,(H,29,33). The van der Waals surface area contributed by atoms with Gasteiger partial charge in [-0.25, -0.2) is 4.68 Å². The summed E-state index contributed by atoms with van der Waals surface area (Å²) in [7, 11) is 0. The molecule has 0 unspecified atom stereocenters. The molecule has 1 saturated heterocycles. The number of para-hydroxylation sites is 1. The Labute approximate surface area is 208 Å². The van der Waals surface area contributed by atoms with Crippen molar-refractivity contribution in [1.29, 1.82) is 0 Å². The first-order valence-electron chi connectivity index (χ1n) is 11.6. The van der Waals surface area contributed by atoms with Crippen molar-refractivity contribution in [2.45, 2.75) is 17.7 Å². The second-order valence-corrected chi connectivity index (χ2v) is 9.39. The molecule has 7 nitrogen and oxygen atoms in total. The molecular formula is C27H27N5O2S. The van der Waals surface area contributed by atoms with Crippen LogP contribution < -0.4 is 5.32 Å². The van der Waals surface area contributed by atoms with Crippen LogP contribution in [0.3, 0.4) is 0 Å². The average molecular weight is 486 g/mol. The van der Waals surface area contributed by atoms with E-state index >= 15 is 0 Å². The lowest BCUT2D eigenvalue weighted by Crippen LogP contribution is -2.41. The minimum Gasteiger partial charge on any atom is -0.338 e. The van der Waals surface area contributed by atoms with Crippen LogP contribution in [-0.4, -0.2) is 50.4 Å². The molecule has 1 fully saturated rings. The van der Waals surface area contributed by atoms with Crippen LogP contribution in [0.2, 0.25) is 0 Å². The number of carbonyl (C=O) groups excluding carboxylic acids is 2. The Balaban J connectivity index is 1.30. The third-order valence-electron chi connectivity index (χ3n) is 6.31. The highest BCUT2D eigenvalue weighted by Gasteiger charge is 2.30. The monoisotopic (exact) mass is 485 g/mol. The molecule has 1 N–H and O–H groups in total. The Bertz CT molecular complexity index is 1310. The number of hydrogen-bond donors (Lipinski definition) is 1. The van der Waals surface area contributed by atoms with Crippen molar-refractivity contribution in [3.63, 3.8) is 0 Å². The molecule has 2 aromatic heterocycles. The van der Waals surface area contributed by atoms with Gasteiger partial charge in [0.2, 0.25) is 5.91 Å². The molecular weight excluding hydrogens is 458 g/mol. The fourth-order valence-electron chi connectivity index (χ4n) is 4.44. The van der Waals surface area contributed by atoms with Crippen molar-refractivity contribution < 1.29 is 9.59 Å². The third-order valence-corrected chi connectivity index (χ3v) is 7.04. The lowest BCUT2D eigenvalue weighted by Gasteiger charge is -2.31. The Morgan fingerprint density at radius 1 is 0.971 bits per heavy atom. The van der Waals surface area contributed by atoms with Gasteiger partial charge in [0, 0.05) is 42.0 Å². The van der Waals surface area contributed by atoms with E-state index in [0.29, 0.717) is 37.3 Å². The van der Waals surface area contributed by atoms with Crippen molar-refractivity contribution in [3.8, 4) is 11.5 Å². The number of piperidine rings is 1. The van der Waals surface area contributed by atoms with Gasteiger partial charge >= 0.3 is 0 Å². The Morgan fingerprint density at radius 2 is 1.71 bits per heavy atom. The molecule has 2 amide bonds. The van der Waals surface area contributed by atoms with Crippen molar-refractivity contribution >= 4 is 29.3 Å². The quantitative estimate of drug-likeness (QED) is 0.395. The van der Waals surface area contributed by atoms with Gasteiger partial charge in [0.05, 0.1) is 11.9 Å². The van der Waals surface area contributed by atoms with E-state index in [1.807, 2.05) is 94.8 Å². The molecule has 0 aliphatic carbocycles. The van der Waals surface area contributed by atoms with Gasteiger partial charge < -0.3 is 14.8 Å². The molecule has 3 heterocycles. The number of amides is 2. The Hall–Kier alpha value is -3.78. The van der Waals surface area contributed by atoms with Crippen LogP contribution in [0, 0.1) is 5.92 Å². The van der Waals surface area contributed by atoms with Gasteiger partial charge in [0.15, 0.2) is 5.82 Å². The molecule has 0 atom stereocenters. The number of thioether (sulfide) groups is 1. The molecule has 0 spiro atoms. The first-order chi connectivity index (χ1) is 17.1. The van der Waals surface area contributed by atoms with Gasteiger partial charge in [0.1, 0.15) is 5.56 Å². The number of rotatable bonds is 6. The van der Waals surface area contributed by atoms with Crippen LogP contribution in [0.25, 0.3) is 11.5 Å². The number of benzene rings is 2. The minimum atomic E-state index is -0.118. The Kier molecular flexibility index (Phi) is 6.72. The zero-order valence-electron chi connectivity index (χ0n) is 19.5. The molecule has 5 rings (SSSR count). The summed E-state index contributed by atoms with van der Waals surface area (Å²) in [5.74, 6) is 0.537. The van der Waals surface area contributed by atoms with Crippen LogP contribution in [0.4, 0.5) is 5.69 Å². The number of hydrogen-bond acceptors (Lipinski definition) is 4. The maximum atomic E-state index is 13.6. The summed E-state index contributed by atoms with van der Waals surface area (Å²) in [6.07, 6.45) is 8.74. The average Bonchev–Trinajstić information content (AvgIpc) is 3.59. The number of likely N-dealkylation sites (tertiary alicyclic amines) is 1. The summed E-state index contributed by atoms with van der Waals surface area (Å²) >= 11 is 1.64. The normalized spacial score (nSPS) is 14.1. The maximum absolute atomic E-state index is 13.6. The predicted molar refractivity (Wildman–Crippen MR) is 138 cm³/mol. The van der Waals surface area contributed by atoms with Crippen molar-refractivity contribution in [2.75, 3.05) is 24.7 Å². The van der Waals surface area contributed by atoms with E-state index < -0.39 is 0 Å². The van der Waals surface area contributed by atoms with Gasteiger partial charge in [-0.1, -0.05) is 24.3 Å². The van der Waals surface area contributed by atoms with Crippen molar-refractivity contribution in [1.82, 2.24) is 19.2 Å². The third kappa shape index (κ3) is 4.88. The molecule has 8 heteroatoms. The van der Waals surface area contributed by atoms with E-state index in [-0.39, 0.29) is 17.7 Å². The van der Waals surface area contributed by atoms with Gasteiger partial charge in [-0.15, -0.1) is 11.8 Å². The van der Waals surface area contributed by atoms with Gasteiger partial charge in [-0.05, 0) is 61.6 Å². The highest BCUT2D eigenvalue weighted by molar-refractivity contribution is 7.98. The topological polar surface area (TPSA) is 72.2 Å². The summed E-state index contributed by atoms with van der Waals surface area (Å²) in [6, 6.07) is 21.5. The smallest absolute Gasteiger partial charge is 0.259 e. The second-order valence-electron chi connectivity index (χ2n) is 8.51. The highest BCUT2D eigenvalue weighted by atomic mass is 32.2. The molecule has 0 radical (unpaired) electrons. The minimum absolute atomic E-state index is 0.0141. The SMILES string of the molecule is CSc1cccc(NC(=O)C2CCN(C(=O)c3cnn(-c4ccccc4)c3-n3cccc3)CC2)c1. The summed E-state index contributed by atoms with van der Waals surface area (Å²) < 4.78 is 3.70. The highest BCUT2D eigenvalue weighted by Crippen LogP contribution is 2.26. The van der Waals surface area contributed by atoms with Crippen molar-refractivity contribution in [2.24, 2.45) is 5.92 Å². The van der Waals surface area contributed by atoms with E-state index in [2.05, 4.69) is 10.4 Å². The lowest BCUT2D eigenvalue weighted by atomic mass is 9.95. The summed E-state index contributed by atoms with van der Waals surface area (Å²) in [6.45, 7) is 1.06. The number of nitrogens with zero attached hydrogens (tertiary/aromatic N) is 4. The summed E-state index contributed by atoms with van der Waals surface area (Å²) in [5, 5.41) is 7.58. The molecule has 35 heavy (non-hydrogen) atoms. The van der Waals surface area contributed by atoms with Crippen LogP contribution in [0.5, 0.6) is 0 Å². The van der Waals surface area contributed by atoms with E-state index in [1.54, 1.807) is 22.6 Å². The fourth-order valence-corrected chi connectivity index (χ4v) is 4.89. The Morgan fingerprint density at radius 3 is 2.43 bits per heavy atom. The predicted octanol–water partition coefficient (Wildman–Crippen LogP) is 4.88. The molecule has 1 aliphatic heterocycles. The molecule has 178 valence electrons. The lowest BCUT2D eigenvalue weighted by molar-refractivity contribution is -0.121. The van der Waals surface area contributed by atoms with E-state index in [9.17, 15) is 9.59 Å². The number of carbonyl (C=O) groups is 2. The van der Waals surface area contributed by atoms with Crippen LogP contribution in [0.15, 0.2) is 90.2 Å². The first kappa shape index (κ1) is 23.0. The van der Waals surface area contributed by atoms with Gasteiger partial charge in [0.25, 0.3) is 5.91 Å². The fraction of sp³-hybridized carbons (Fsp3) is 0.222. The molecule has 1 aliphatic rings. The van der Waals surface area contributed by atoms with E-state index in [0.717, 1.165) is 16.3 Å². The largest absolute Gasteiger partial charge is 0.338 e. The second kappa shape index (κ2) is 10.2. The number of nitrogens with one attached hydrogen (secondary N) is 1. The number of aromatic nitrogens is 3. The number of anilines is 1. The molecule has 0 saturated carbocycles. The maximum Gasteiger partial charge on any atom is 0.259 e. The van der Waals surface area contributed by atoms with Crippen LogP contribution in [0.1, 0.15) is 23.2 Å². The molecule has 4 aromatic rings. The van der Waals surface area contributed by atoms with Crippen molar-refractivity contribution in [3.05, 3.63) is 90.9 Å². The molecule has 0 bridgehead atoms. The van der Waals surface area contributed by atoms with Gasteiger partial charge in [-0.2, -0.15) is 5.10 Å². The van der Waals surface area contributed by atoms with Crippen LogP contribution >= 0.6 is 11.8 Å². The van der Waals surface area contributed by atoms with Gasteiger partial charge in [-0.3, -0.25) is 9.59 Å². The summed E-state index contributed by atoms with van der Waals surface area (Å²) in [5.41, 5.74) is 2.24. The summed E-state index contributed by atoms with van der Waals surface area (Å²) in [4.78, 5) is 29.3. The molecule has 2 aromatic carbocycles. The van der Waals surface area contributed by atoms with E-state index in [1.165, 1.54) is 0 Å². The zero-order chi connectivity index (χ0) is 24.2. The van der Waals surface area contributed by atoms with Crippen LogP contribution in [-0.2, 0) is 4.79 Å². The zero-order valence-corrected chi connectivity index (χ0v) is 20.3. The van der Waals surface area contributed by atoms with E-state index in [4.69, 9.17) is 0 Å².